The van der Waals surface area contributed by atoms with Crippen molar-refractivity contribution < 1.29 is 14.3 Å². The molecule has 26 heavy (non-hydrogen) atoms. The van der Waals surface area contributed by atoms with Gasteiger partial charge in [0.2, 0.25) is 0 Å². The molecule has 2 rings (SSSR count). The number of urea groups is 1. The van der Waals surface area contributed by atoms with Gasteiger partial charge in [-0.1, -0.05) is 45.0 Å². The molecule has 0 aliphatic carbocycles. The molecule has 0 heterocycles. The molecule has 0 aliphatic rings. The number of esters is 1. The molecule has 2 amide bonds. The molecule has 5 heteroatoms. The molecule has 0 bridgehead atoms. The van der Waals surface area contributed by atoms with E-state index in [4.69, 9.17) is 0 Å². The van der Waals surface area contributed by atoms with Gasteiger partial charge in [-0.15, -0.1) is 0 Å². The van der Waals surface area contributed by atoms with Gasteiger partial charge < -0.3 is 15.4 Å². The van der Waals surface area contributed by atoms with Gasteiger partial charge in [0.1, 0.15) is 0 Å². The minimum Gasteiger partial charge on any atom is -0.465 e. The molecule has 2 N–H and O–H groups in total. The monoisotopic (exact) mass is 354 g/mol. The van der Waals surface area contributed by atoms with Crippen molar-refractivity contribution in [3.05, 3.63) is 65.2 Å². The molecular formula is C21H26N2O3. The van der Waals surface area contributed by atoms with Gasteiger partial charge in [-0.3, -0.25) is 0 Å². The number of hydrogen-bond donors (Lipinski definition) is 2. The second-order valence-corrected chi connectivity index (χ2v) is 7.26. The lowest BCUT2D eigenvalue weighted by Gasteiger charge is -2.21. The van der Waals surface area contributed by atoms with Crippen molar-refractivity contribution >= 4 is 17.7 Å². The molecule has 0 aromatic heterocycles. The van der Waals surface area contributed by atoms with E-state index in [0.717, 1.165) is 5.56 Å². The molecule has 1 unspecified atom stereocenters. The molecule has 0 saturated heterocycles. The number of anilines is 1. The SMILES string of the molecule is COC(=O)c1ccc(NC(=O)NC(C)c2ccc(C(C)(C)C)cc2)cc1. The highest BCUT2D eigenvalue weighted by atomic mass is 16.5. The number of nitrogens with one attached hydrogen (secondary N) is 2. The molecule has 0 spiro atoms. The predicted octanol–water partition coefficient (Wildman–Crippen LogP) is 4.65. The van der Waals surface area contributed by atoms with Crippen LogP contribution in [0.3, 0.4) is 0 Å². The first-order valence-corrected chi connectivity index (χ1v) is 8.57. The summed E-state index contributed by atoms with van der Waals surface area (Å²) in [5, 5.41) is 5.67. The van der Waals surface area contributed by atoms with E-state index in [0.29, 0.717) is 11.3 Å². The molecule has 5 nitrogen and oxygen atoms in total. The third-order valence-corrected chi connectivity index (χ3v) is 4.19. The van der Waals surface area contributed by atoms with Gasteiger partial charge in [-0.2, -0.15) is 0 Å². The van der Waals surface area contributed by atoms with E-state index >= 15 is 0 Å². The van der Waals surface area contributed by atoms with E-state index in [1.807, 2.05) is 19.1 Å². The van der Waals surface area contributed by atoms with Crippen LogP contribution in [-0.2, 0) is 10.2 Å². The summed E-state index contributed by atoms with van der Waals surface area (Å²) in [5.41, 5.74) is 3.43. The largest absolute Gasteiger partial charge is 0.465 e. The number of amides is 2. The van der Waals surface area contributed by atoms with Crippen LogP contribution in [0.5, 0.6) is 0 Å². The van der Waals surface area contributed by atoms with Crippen LogP contribution in [0.1, 0.15) is 55.2 Å². The van der Waals surface area contributed by atoms with Gasteiger partial charge in [0.05, 0.1) is 18.7 Å². The van der Waals surface area contributed by atoms with E-state index < -0.39 is 5.97 Å². The summed E-state index contributed by atoms with van der Waals surface area (Å²) in [6.45, 7) is 8.44. The summed E-state index contributed by atoms with van der Waals surface area (Å²) < 4.78 is 4.65. The van der Waals surface area contributed by atoms with Crippen LogP contribution in [0.4, 0.5) is 10.5 Å². The first-order valence-electron chi connectivity index (χ1n) is 8.57. The predicted molar refractivity (Wildman–Crippen MR) is 103 cm³/mol. The fourth-order valence-electron chi connectivity index (χ4n) is 2.53. The topological polar surface area (TPSA) is 67.4 Å². The zero-order chi connectivity index (χ0) is 19.3. The summed E-state index contributed by atoms with van der Waals surface area (Å²) in [7, 11) is 1.33. The van der Waals surface area contributed by atoms with Crippen LogP contribution in [0.2, 0.25) is 0 Å². The Morgan fingerprint density at radius 2 is 1.54 bits per heavy atom. The van der Waals surface area contributed by atoms with Gasteiger partial charge in [0, 0.05) is 5.69 Å². The Hall–Kier alpha value is -2.82. The van der Waals surface area contributed by atoms with Crippen LogP contribution in [0.15, 0.2) is 48.5 Å². The third kappa shape index (κ3) is 5.09. The van der Waals surface area contributed by atoms with Crippen LogP contribution < -0.4 is 10.6 Å². The highest BCUT2D eigenvalue weighted by molar-refractivity contribution is 5.92. The maximum Gasteiger partial charge on any atom is 0.337 e. The Labute approximate surface area is 154 Å². The van der Waals surface area contributed by atoms with Crippen molar-refractivity contribution in [2.45, 2.75) is 39.2 Å². The Kier molecular flexibility index (Phi) is 6.03. The molecule has 1 atom stereocenters. The summed E-state index contributed by atoms with van der Waals surface area (Å²) >= 11 is 0. The van der Waals surface area contributed by atoms with E-state index in [1.54, 1.807) is 24.3 Å². The summed E-state index contributed by atoms with van der Waals surface area (Å²) in [6, 6.07) is 14.4. The van der Waals surface area contributed by atoms with Crippen molar-refractivity contribution in [3.8, 4) is 0 Å². The lowest BCUT2D eigenvalue weighted by Crippen LogP contribution is -2.31. The molecule has 2 aromatic carbocycles. The maximum absolute atomic E-state index is 12.2. The number of carbonyl (C=O) groups is 2. The van der Waals surface area contributed by atoms with E-state index in [-0.39, 0.29) is 17.5 Å². The molecule has 0 aliphatic heterocycles. The smallest absolute Gasteiger partial charge is 0.337 e. The lowest BCUT2D eigenvalue weighted by molar-refractivity contribution is 0.0600. The van der Waals surface area contributed by atoms with Crippen LogP contribution in [0, 0.1) is 0 Å². The van der Waals surface area contributed by atoms with Crippen LogP contribution in [0.25, 0.3) is 0 Å². The van der Waals surface area contributed by atoms with Gasteiger partial charge >= 0.3 is 12.0 Å². The maximum atomic E-state index is 12.2. The fourth-order valence-corrected chi connectivity index (χ4v) is 2.53. The molecule has 0 radical (unpaired) electrons. The van der Waals surface area contributed by atoms with Crippen LogP contribution in [-0.4, -0.2) is 19.1 Å². The third-order valence-electron chi connectivity index (χ3n) is 4.19. The Morgan fingerprint density at radius 1 is 0.962 bits per heavy atom. The van der Waals surface area contributed by atoms with Gasteiger partial charge in [0.25, 0.3) is 0 Å². The average molecular weight is 354 g/mol. The van der Waals surface area contributed by atoms with E-state index in [2.05, 4.69) is 48.3 Å². The summed E-state index contributed by atoms with van der Waals surface area (Å²) in [4.78, 5) is 23.6. The Bertz CT molecular complexity index is 759. The van der Waals surface area contributed by atoms with Gasteiger partial charge in [-0.05, 0) is 47.7 Å². The minimum atomic E-state index is -0.409. The van der Waals surface area contributed by atoms with Crippen LogP contribution >= 0.6 is 0 Å². The van der Waals surface area contributed by atoms with Crippen molar-refractivity contribution in [2.75, 3.05) is 12.4 Å². The highest BCUT2D eigenvalue weighted by Crippen LogP contribution is 2.24. The van der Waals surface area contributed by atoms with Crippen molar-refractivity contribution in [2.24, 2.45) is 0 Å². The minimum absolute atomic E-state index is 0.100. The normalized spacial score (nSPS) is 12.2. The molecule has 0 fully saturated rings. The van der Waals surface area contributed by atoms with E-state index in [1.165, 1.54) is 12.7 Å². The van der Waals surface area contributed by atoms with Crippen molar-refractivity contribution in [1.82, 2.24) is 5.32 Å². The first-order chi connectivity index (χ1) is 12.2. The second-order valence-electron chi connectivity index (χ2n) is 7.26. The highest BCUT2D eigenvalue weighted by Gasteiger charge is 2.15. The van der Waals surface area contributed by atoms with Gasteiger partial charge in [-0.25, -0.2) is 9.59 Å². The quantitative estimate of drug-likeness (QED) is 0.785. The van der Waals surface area contributed by atoms with E-state index in [9.17, 15) is 9.59 Å². The Balaban J connectivity index is 1.95. The first kappa shape index (κ1) is 19.5. The zero-order valence-corrected chi connectivity index (χ0v) is 15.9. The summed E-state index contributed by atoms with van der Waals surface area (Å²) in [5.74, 6) is -0.409. The standard InChI is InChI=1S/C21H26N2O3/c1-14(15-6-10-17(11-7-15)21(2,3)4)22-20(25)23-18-12-8-16(9-13-18)19(24)26-5/h6-14H,1-5H3,(H2,22,23,25). The lowest BCUT2D eigenvalue weighted by atomic mass is 9.86. The second kappa shape index (κ2) is 8.04. The van der Waals surface area contributed by atoms with Crippen molar-refractivity contribution in [3.63, 3.8) is 0 Å². The van der Waals surface area contributed by atoms with Crippen molar-refractivity contribution in [1.29, 1.82) is 0 Å². The fraction of sp³-hybridized carbons (Fsp3) is 0.333. The summed E-state index contributed by atoms with van der Waals surface area (Å²) in [6.07, 6.45) is 0. The number of hydrogen-bond acceptors (Lipinski definition) is 3. The Morgan fingerprint density at radius 3 is 2.04 bits per heavy atom. The number of ether oxygens (including phenoxy) is 1. The number of rotatable bonds is 4. The number of carbonyl (C=O) groups excluding carboxylic acids is 2. The zero-order valence-electron chi connectivity index (χ0n) is 15.9. The molecular weight excluding hydrogens is 328 g/mol. The number of benzene rings is 2. The molecule has 2 aromatic rings. The average Bonchev–Trinajstić information content (AvgIpc) is 2.61. The molecule has 138 valence electrons. The number of methoxy groups -OCH3 is 1. The molecule has 0 saturated carbocycles. The van der Waals surface area contributed by atoms with Gasteiger partial charge in [0.15, 0.2) is 0 Å².